The number of halogens is 1. The number of fused-ring (bicyclic) bond motifs is 1. The first kappa shape index (κ1) is 10.4. The Balaban J connectivity index is 2.41. The van der Waals surface area contributed by atoms with Crippen molar-refractivity contribution in [3.05, 3.63) is 29.3 Å². The molecular formula is C13H13ClO. The van der Waals surface area contributed by atoms with Gasteiger partial charge in [0.1, 0.15) is 5.75 Å². The summed E-state index contributed by atoms with van der Waals surface area (Å²) >= 11 is 5.53. The van der Waals surface area contributed by atoms with Crippen LogP contribution in [-0.4, -0.2) is 12.5 Å². The van der Waals surface area contributed by atoms with E-state index in [1.165, 1.54) is 5.56 Å². The number of rotatable bonds is 0. The van der Waals surface area contributed by atoms with Crippen molar-refractivity contribution in [2.45, 2.75) is 19.3 Å². The van der Waals surface area contributed by atoms with Gasteiger partial charge in [-0.3, -0.25) is 0 Å². The fourth-order valence-electron chi connectivity index (χ4n) is 1.73. The van der Waals surface area contributed by atoms with Gasteiger partial charge in [-0.2, -0.15) is 0 Å². The fraction of sp³-hybridized carbons (Fsp3) is 0.385. The van der Waals surface area contributed by atoms with Gasteiger partial charge in [0.05, 0.1) is 12.5 Å². The average molecular weight is 221 g/mol. The van der Waals surface area contributed by atoms with Crippen molar-refractivity contribution in [1.82, 2.24) is 0 Å². The normalized spacial score (nSPS) is 16.2. The maximum Gasteiger partial charge on any atom is 0.123 e. The molecular weight excluding hydrogens is 208 g/mol. The molecule has 1 aliphatic heterocycles. The Labute approximate surface area is 95.4 Å². The van der Waals surface area contributed by atoms with E-state index in [-0.39, 0.29) is 5.41 Å². The highest BCUT2D eigenvalue weighted by Gasteiger charge is 2.31. The van der Waals surface area contributed by atoms with Gasteiger partial charge in [0.15, 0.2) is 0 Å². The molecule has 1 aliphatic rings. The first-order chi connectivity index (χ1) is 7.13. The van der Waals surface area contributed by atoms with Crippen molar-refractivity contribution in [3.63, 3.8) is 0 Å². The summed E-state index contributed by atoms with van der Waals surface area (Å²) in [5.74, 6) is 7.24. The molecule has 0 fully saturated rings. The van der Waals surface area contributed by atoms with Gasteiger partial charge >= 0.3 is 0 Å². The van der Waals surface area contributed by atoms with Gasteiger partial charge in [-0.25, -0.2) is 0 Å². The molecule has 0 radical (unpaired) electrons. The Hall–Kier alpha value is -1.13. The largest absolute Gasteiger partial charge is 0.492 e. The Morgan fingerprint density at radius 3 is 3.00 bits per heavy atom. The third kappa shape index (κ3) is 1.96. The third-order valence-electron chi connectivity index (χ3n) is 2.60. The monoisotopic (exact) mass is 220 g/mol. The van der Waals surface area contributed by atoms with Gasteiger partial charge in [-0.15, -0.1) is 11.6 Å². The summed E-state index contributed by atoms with van der Waals surface area (Å²) in [7, 11) is 0. The van der Waals surface area contributed by atoms with Crippen molar-refractivity contribution >= 4 is 11.6 Å². The van der Waals surface area contributed by atoms with Gasteiger partial charge < -0.3 is 4.74 Å². The van der Waals surface area contributed by atoms with Crippen LogP contribution in [0.15, 0.2) is 18.2 Å². The lowest BCUT2D eigenvalue weighted by molar-refractivity contribution is 0.291. The van der Waals surface area contributed by atoms with E-state index < -0.39 is 0 Å². The highest BCUT2D eigenvalue weighted by atomic mass is 35.5. The zero-order valence-corrected chi connectivity index (χ0v) is 9.69. The lowest BCUT2D eigenvalue weighted by atomic mass is 9.86. The van der Waals surface area contributed by atoms with E-state index in [1.54, 1.807) is 0 Å². The topological polar surface area (TPSA) is 9.23 Å². The average Bonchev–Trinajstić information content (AvgIpc) is 2.52. The van der Waals surface area contributed by atoms with Crippen LogP contribution in [0, 0.1) is 11.8 Å². The van der Waals surface area contributed by atoms with Gasteiger partial charge in [0.2, 0.25) is 0 Å². The first-order valence-electron chi connectivity index (χ1n) is 4.96. The lowest BCUT2D eigenvalue weighted by Crippen LogP contribution is -2.18. The van der Waals surface area contributed by atoms with Gasteiger partial charge in [0, 0.05) is 16.5 Å². The maximum atomic E-state index is 5.60. The summed E-state index contributed by atoms with van der Waals surface area (Å²) in [6, 6.07) is 6.06. The van der Waals surface area contributed by atoms with Crippen LogP contribution in [0.3, 0.4) is 0 Å². The maximum absolute atomic E-state index is 5.60. The minimum absolute atomic E-state index is 0.0913. The molecule has 0 saturated heterocycles. The standard InChI is InChI=1S/C13H13ClO/c1-13(2)9-15-12-6-5-10(4-3-7-14)8-11(12)13/h5-6,8H,7,9H2,1-2H3. The van der Waals surface area contributed by atoms with Crippen molar-refractivity contribution < 1.29 is 4.74 Å². The lowest BCUT2D eigenvalue weighted by Gasteiger charge is -2.14. The number of hydrogen-bond donors (Lipinski definition) is 0. The van der Waals surface area contributed by atoms with Gasteiger partial charge in [0.25, 0.3) is 0 Å². The molecule has 1 aromatic rings. The van der Waals surface area contributed by atoms with Crippen LogP contribution in [0.25, 0.3) is 0 Å². The third-order valence-corrected chi connectivity index (χ3v) is 2.73. The van der Waals surface area contributed by atoms with E-state index >= 15 is 0 Å². The molecule has 1 aromatic carbocycles. The molecule has 2 rings (SSSR count). The molecule has 1 nitrogen and oxygen atoms in total. The van der Waals surface area contributed by atoms with E-state index in [0.29, 0.717) is 5.88 Å². The van der Waals surface area contributed by atoms with Crippen LogP contribution in [0.5, 0.6) is 5.75 Å². The van der Waals surface area contributed by atoms with Crippen LogP contribution in [0.4, 0.5) is 0 Å². The zero-order chi connectivity index (χ0) is 10.9. The molecule has 0 saturated carbocycles. The van der Waals surface area contributed by atoms with Crippen molar-refractivity contribution in [3.8, 4) is 17.6 Å². The molecule has 15 heavy (non-hydrogen) atoms. The Morgan fingerprint density at radius 1 is 1.47 bits per heavy atom. The van der Waals surface area contributed by atoms with Gasteiger partial charge in [-0.05, 0) is 18.2 Å². The van der Waals surface area contributed by atoms with Crippen LogP contribution in [0.2, 0.25) is 0 Å². The van der Waals surface area contributed by atoms with Gasteiger partial charge in [-0.1, -0.05) is 25.7 Å². The first-order valence-corrected chi connectivity index (χ1v) is 5.49. The molecule has 0 N–H and O–H groups in total. The smallest absolute Gasteiger partial charge is 0.123 e. The SMILES string of the molecule is CC1(C)COc2ccc(C#CCCl)cc21. The number of alkyl halides is 1. The Kier molecular flexibility index (Phi) is 2.63. The molecule has 0 bridgehead atoms. The summed E-state index contributed by atoms with van der Waals surface area (Å²) in [4.78, 5) is 0. The van der Waals surface area contributed by atoms with Crippen LogP contribution < -0.4 is 4.74 Å². The van der Waals surface area contributed by atoms with Crippen LogP contribution in [-0.2, 0) is 5.41 Å². The second kappa shape index (κ2) is 3.79. The molecule has 0 amide bonds. The molecule has 0 spiro atoms. The molecule has 0 aliphatic carbocycles. The molecule has 2 heteroatoms. The van der Waals surface area contributed by atoms with Crippen LogP contribution >= 0.6 is 11.6 Å². The van der Waals surface area contributed by atoms with E-state index in [9.17, 15) is 0 Å². The van der Waals surface area contributed by atoms with Crippen LogP contribution in [0.1, 0.15) is 25.0 Å². The Bertz CT molecular complexity index is 438. The fourth-order valence-corrected chi connectivity index (χ4v) is 1.80. The molecule has 0 aromatic heterocycles. The van der Waals surface area contributed by atoms with E-state index in [1.807, 2.05) is 12.1 Å². The number of ether oxygens (including phenoxy) is 1. The zero-order valence-electron chi connectivity index (χ0n) is 8.93. The van der Waals surface area contributed by atoms with E-state index in [0.717, 1.165) is 17.9 Å². The summed E-state index contributed by atoms with van der Waals surface area (Å²) in [5, 5.41) is 0. The molecule has 0 unspecified atom stereocenters. The van der Waals surface area contributed by atoms with E-state index in [4.69, 9.17) is 16.3 Å². The van der Waals surface area contributed by atoms with Crippen molar-refractivity contribution in [1.29, 1.82) is 0 Å². The molecule has 0 atom stereocenters. The van der Waals surface area contributed by atoms with Crippen molar-refractivity contribution in [2.75, 3.05) is 12.5 Å². The predicted molar refractivity (Wildman–Crippen MR) is 62.6 cm³/mol. The second-order valence-electron chi connectivity index (χ2n) is 4.32. The summed E-state index contributed by atoms with van der Waals surface area (Å²) in [6.45, 7) is 5.10. The minimum atomic E-state index is 0.0913. The molecule has 1 heterocycles. The summed E-state index contributed by atoms with van der Waals surface area (Å²) < 4.78 is 5.60. The Morgan fingerprint density at radius 2 is 2.27 bits per heavy atom. The number of benzene rings is 1. The summed E-state index contributed by atoms with van der Waals surface area (Å²) in [6.07, 6.45) is 0. The highest BCUT2D eigenvalue weighted by Crippen LogP contribution is 2.38. The molecule has 78 valence electrons. The highest BCUT2D eigenvalue weighted by molar-refractivity contribution is 6.19. The van der Waals surface area contributed by atoms with Crippen molar-refractivity contribution in [2.24, 2.45) is 0 Å². The minimum Gasteiger partial charge on any atom is -0.492 e. The quantitative estimate of drug-likeness (QED) is 0.483. The second-order valence-corrected chi connectivity index (χ2v) is 4.59. The summed E-state index contributed by atoms with van der Waals surface area (Å²) in [5.41, 5.74) is 2.34. The van der Waals surface area contributed by atoms with E-state index in [2.05, 4.69) is 31.8 Å². The number of hydrogen-bond acceptors (Lipinski definition) is 1. The predicted octanol–water partition coefficient (Wildman–Crippen LogP) is 2.95.